The third-order valence-corrected chi connectivity index (χ3v) is 4.47. The van der Waals surface area contributed by atoms with Crippen LogP contribution in [-0.4, -0.2) is 38.7 Å². The Balaban J connectivity index is 2.01. The maximum absolute atomic E-state index is 13.0. The van der Waals surface area contributed by atoms with Crippen LogP contribution in [-0.2, 0) is 6.18 Å². The number of aromatic amines is 1. The molecule has 9 heteroatoms. The second kappa shape index (κ2) is 5.57. The molecule has 0 atom stereocenters. The number of imidazole rings is 1. The summed E-state index contributed by atoms with van der Waals surface area (Å²) in [5, 5.41) is 8.97. The van der Waals surface area contributed by atoms with Crippen LogP contribution in [0, 0.1) is 6.92 Å². The van der Waals surface area contributed by atoms with Gasteiger partial charge in [-0.05, 0) is 37.5 Å². The van der Waals surface area contributed by atoms with Gasteiger partial charge in [0.1, 0.15) is 0 Å². The Bertz CT molecular complexity index is 845. The van der Waals surface area contributed by atoms with Crippen molar-refractivity contribution in [2.45, 2.75) is 32.0 Å². The number of aryl methyl sites for hydroxylation is 1. The fraction of sp³-hybridized carbons (Fsp3) is 0.467. The molecule has 0 bridgehead atoms. The molecule has 6 nitrogen and oxygen atoms in total. The van der Waals surface area contributed by atoms with Crippen molar-refractivity contribution >= 4 is 17.1 Å². The molecule has 1 aromatic carbocycles. The van der Waals surface area contributed by atoms with Gasteiger partial charge in [-0.15, -0.1) is 0 Å². The predicted octanol–water partition coefficient (Wildman–Crippen LogP) is 2.97. The zero-order chi connectivity index (χ0) is 17.6. The number of amides is 1. The molecule has 2 N–H and O–H groups in total. The second-order valence-corrected chi connectivity index (χ2v) is 5.98. The van der Waals surface area contributed by atoms with Crippen LogP contribution in [0.3, 0.4) is 0 Å². The molecular weight excluding hydrogens is 327 g/mol. The number of alkyl halides is 3. The molecule has 2 heterocycles. The lowest BCUT2D eigenvalue weighted by Crippen LogP contribution is -2.39. The van der Waals surface area contributed by atoms with Gasteiger partial charge >= 0.3 is 18.0 Å². The monoisotopic (exact) mass is 343 g/mol. The Morgan fingerprint density at radius 1 is 1.29 bits per heavy atom. The highest BCUT2D eigenvalue weighted by Crippen LogP contribution is 2.34. The lowest BCUT2D eigenvalue weighted by atomic mass is 10.0. The summed E-state index contributed by atoms with van der Waals surface area (Å²) in [5.74, 6) is 0. The zero-order valence-corrected chi connectivity index (χ0v) is 12.9. The van der Waals surface area contributed by atoms with Crippen LogP contribution in [0.5, 0.6) is 0 Å². The molecule has 0 spiro atoms. The highest BCUT2D eigenvalue weighted by Gasteiger charge is 2.33. The molecule has 24 heavy (non-hydrogen) atoms. The topological polar surface area (TPSA) is 78.3 Å². The lowest BCUT2D eigenvalue weighted by Gasteiger charge is -2.30. The molecule has 0 saturated carbocycles. The average Bonchev–Trinajstić information content (AvgIpc) is 2.80. The molecule has 1 aliphatic rings. The number of aromatic nitrogens is 2. The molecule has 1 aromatic heterocycles. The van der Waals surface area contributed by atoms with E-state index in [1.165, 1.54) is 22.5 Å². The van der Waals surface area contributed by atoms with Crippen LogP contribution >= 0.6 is 0 Å². The van der Waals surface area contributed by atoms with E-state index < -0.39 is 23.5 Å². The number of fused-ring (bicyclic) bond motifs is 1. The van der Waals surface area contributed by atoms with Crippen molar-refractivity contribution in [2.24, 2.45) is 0 Å². The van der Waals surface area contributed by atoms with E-state index in [1.54, 1.807) is 0 Å². The molecule has 1 amide bonds. The lowest BCUT2D eigenvalue weighted by molar-refractivity contribution is -0.137. The number of nitrogens with one attached hydrogen (secondary N) is 1. The van der Waals surface area contributed by atoms with Crippen molar-refractivity contribution in [3.05, 3.63) is 33.7 Å². The van der Waals surface area contributed by atoms with Gasteiger partial charge < -0.3 is 15.0 Å². The summed E-state index contributed by atoms with van der Waals surface area (Å²) < 4.78 is 40.4. The van der Waals surface area contributed by atoms with Crippen LogP contribution in [0.25, 0.3) is 11.0 Å². The number of H-pyrrole nitrogens is 1. The molecule has 1 fully saturated rings. The smallest absolute Gasteiger partial charge is 0.416 e. The number of nitrogens with zero attached hydrogens (tertiary/aromatic N) is 2. The minimum Gasteiger partial charge on any atom is -0.465 e. The summed E-state index contributed by atoms with van der Waals surface area (Å²) in [5.41, 5.74) is -0.648. The molecule has 3 rings (SSSR count). The van der Waals surface area contributed by atoms with Crippen LogP contribution < -0.4 is 5.69 Å². The summed E-state index contributed by atoms with van der Waals surface area (Å²) in [6.45, 7) is 1.94. The maximum atomic E-state index is 13.0. The van der Waals surface area contributed by atoms with Crippen molar-refractivity contribution in [3.8, 4) is 0 Å². The number of carboxylic acid groups (broad SMARTS) is 1. The number of carbonyl (C=O) groups is 1. The predicted molar refractivity (Wildman–Crippen MR) is 80.2 cm³/mol. The SMILES string of the molecule is Cc1cc2c(cc1C(F)(F)F)[nH]c(=O)n2C1CCN(C(=O)O)CC1. The minimum absolute atomic E-state index is 0.0470. The van der Waals surface area contributed by atoms with Crippen molar-refractivity contribution in [3.63, 3.8) is 0 Å². The Hall–Kier alpha value is -2.45. The number of hydrogen-bond donors (Lipinski definition) is 2. The van der Waals surface area contributed by atoms with E-state index in [0.717, 1.165) is 6.07 Å². The van der Waals surface area contributed by atoms with Gasteiger partial charge in [0.25, 0.3) is 0 Å². The Kier molecular flexibility index (Phi) is 3.81. The van der Waals surface area contributed by atoms with Crippen molar-refractivity contribution < 1.29 is 23.1 Å². The summed E-state index contributed by atoms with van der Waals surface area (Å²) in [4.78, 5) is 26.9. The first-order valence-electron chi connectivity index (χ1n) is 7.48. The molecule has 0 unspecified atom stereocenters. The normalized spacial score (nSPS) is 16.8. The van der Waals surface area contributed by atoms with E-state index in [9.17, 15) is 22.8 Å². The Labute approximate surface area is 134 Å². The first-order chi connectivity index (χ1) is 11.2. The van der Waals surface area contributed by atoms with Crippen molar-refractivity contribution in [1.82, 2.24) is 14.5 Å². The van der Waals surface area contributed by atoms with E-state index in [0.29, 0.717) is 31.4 Å². The number of hydrogen-bond acceptors (Lipinski definition) is 2. The van der Waals surface area contributed by atoms with E-state index in [2.05, 4.69) is 4.98 Å². The zero-order valence-electron chi connectivity index (χ0n) is 12.9. The summed E-state index contributed by atoms with van der Waals surface area (Å²) in [6.07, 6.45) is -4.60. The largest absolute Gasteiger partial charge is 0.465 e. The highest BCUT2D eigenvalue weighted by molar-refractivity contribution is 5.77. The highest BCUT2D eigenvalue weighted by atomic mass is 19.4. The summed E-state index contributed by atoms with van der Waals surface area (Å²) in [7, 11) is 0. The van der Waals surface area contributed by atoms with Gasteiger partial charge in [0.2, 0.25) is 0 Å². The van der Waals surface area contributed by atoms with Gasteiger partial charge in [0.15, 0.2) is 0 Å². The summed E-state index contributed by atoms with van der Waals surface area (Å²) >= 11 is 0. The molecule has 1 saturated heterocycles. The molecular formula is C15H16F3N3O3. The Morgan fingerprint density at radius 2 is 1.92 bits per heavy atom. The quantitative estimate of drug-likeness (QED) is 0.836. The van der Waals surface area contributed by atoms with Gasteiger partial charge in [-0.2, -0.15) is 13.2 Å². The van der Waals surface area contributed by atoms with E-state index in [1.807, 2.05) is 0 Å². The molecule has 0 aliphatic carbocycles. The number of halogens is 3. The fourth-order valence-corrected chi connectivity index (χ4v) is 3.26. The number of benzene rings is 1. The van der Waals surface area contributed by atoms with Crippen molar-refractivity contribution in [1.29, 1.82) is 0 Å². The van der Waals surface area contributed by atoms with E-state index in [4.69, 9.17) is 5.11 Å². The average molecular weight is 343 g/mol. The van der Waals surface area contributed by atoms with Crippen LogP contribution in [0.2, 0.25) is 0 Å². The number of likely N-dealkylation sites (tertiary alicyclic amines) is 1. The molecule has 2 aromatic rings. The number of rotatable bonds is 1. The molecule has 0 radical (unpaired) electrons. The maximum Gasteiger partial charge on any atom is 0.416 e. The molecule has 1 aliphatic heterocycles. The second-order valence-electron chi connectivity index (χ2n) is 5.98. The van der Waals surface area contributed by atoms with Crippen LogP contribution in [0.4, 0.5) is 18.0 Å². The van der Waals surface area contributed by atoms with Gasteiger partial charge in [-0.25, -0.2) is 9.59 Å². The van der Waals surface area contributed by atoms with Gasteiger partial charge in [-0.1, -0.05) is 0 Å². The van der Waals surface area contributed by atoms with Gasteiger partial charge in [-0.3, -0.25) is 4.57 Å². The van der Waals surface area contributed by atoms with Crippen LogP contribution in [0.15, 0.2) is 16.9 Å². The molecule has 130 valence electrons. The fourth-order valence-electron chi connectivity index (χ4n) is 3.26. The van der Waals surface area contributed by atoms with E-state index in [-0.39, 0.29) is 17.1 Å². The first kappa shape index (κ1) is 16.4. The van der Waals surface area contributed by atoms with Crippen LogP contribution in [0.1, 0.15) is 30.0 Å². The third kappa shape index (κ3) is 2.74. The van der Waals surface area contributed by atoms with E-state index >= 15 is 0 Å². The Morgan fingerprint density at radius 3 is 2.46 bits per heavy atom. The van der Waals surface area contributed by atoms with Crippen molar-refractivity contribution in [2.75, 3.05) is 13.1 Å². The number of piperidine rings is 1. The first-order valence-corrected chi connectivity index (χ1v) is 7.48. The van der Waals surface area contributed by atoms with Gasteiger partial charge in [0, 0.05) is 19.1 Å². The summed E-state index contributed by atoms with van der Waals surface area (Å²) in [6, 6.07) is 2.08. The minimum atomic E-state index is -4.48. The third-order valence-electron chi connectivity index (χ3n) is 4.47. The standard InChI is InChI=1S/C15H16F3N3O3/c1-8-6-12-11(7-10(8)15(16,17)18)19-13(22)21(12)9-2-4-20(5-3-9)14(23)24/h6-7,9H,2-5H2,1H3,(H,19,22)(H,23,24). The van der Waals surface area contributed by atoms with Gasteiger partial charge in [0.05, 0.1) is 16.6 Å².